The fourth-order valence-electron chi connectivity index (χ4n) is 2.40. The van der Waals surface area contributed by atoms with Crippen LogP contribution in [0.15, 0.2) is 20.0 Å². The van der Waals surface area contributed by atoms with E-state index >= 15 is 0 Å². The highest BCUT2D eigenvalue weighted by Crippen LogP contribution is 2.30. The first kappa shape index (κ1) is 16.8. The van der Waals surface area contributed by atoms with E-state index < -0.39 is 9.05 Å². The molecule has 0 N–H and O–H groups in total. The first-order chi connectivity index (χ1) is 9.82. The Balaban J connectivity index is 2.17. The minimum atomic E-state index is -3.96. The van der Waals surface area contributed by atoms with Gasteiger partial charge in [0.2, 0.25) is 0 Å². The van der Waals surface area contributed by atoms with Crippen LogP contribution in [-0.4, -0.2) is 46.0 Å². The minimum absolute atomic E-state index is 0.0424. The number of hydrogen-bond donors (Lipinski definition) is 0. The zero-order chi connectivity index (χ0) is 15.6. The van der Waals surface area contributed by atoms with Crippen LogP contribution in [0.2, 0.25) is 0 Å². The molecule has 0 radical (unpaired) electrons. The number of carbonyl (C=O) groups excluding carboxylic acids is 1. The van der Waals surface area contributed by atoms with E-state index in [0.29, 0.717) is 19.7 Å². The minimum Gasteiger partial charge on any atom is -0.443 e. The van der Waals surface area contributed by atoms with Gasteiger partial charge in [-0.25, -0.2) is 8.42 Å². The molecule has 0 saturated carbocycles. The van der Waals surface area contributed by atoms with Gasteiger partial charge in [-0.05, 0) is 34.7 Å². The number of piperidine rings is 1. The van der Waals surface area contributed by atoms with Crippen molar-refractivity contribution < 1.29 is 22.4 Å². The number of methoxy groups -OCH3 is 1. The number of likely N-dealkylation sites (tertiary alicyclic amines) is 1. The van der Waals surface area contributed by atoms with E-state index in [1.54, 1.807) is 12.0 Å². The van der Waals surface area contributed by atoms with Gasteiger partial charge in [-0.15, -0.1) is 0 Å². The van der Waals surface area contributed by atoms with Gasteiger partial charge in [0.1, 0.15) is 4.90 Å². The third-order valence-electron chi connectivity index (χ3n) is 3.34. The van der Waals surface area contributed by atoms with Gasteiger partial charge in [-0.3, -0.25) is 4.79 Å². The molecule has 0 aliphatic carbocycles. The van der Waals surface area contributed by atoms with Crippen molar-refractivity contribution in [2.24, 2.45) is 5.92 Å². The number of amides is 1. The Hall–Kier alpha value is -0.570. The zero-order valence-electron chi connectivity index (χ0n) is 11.3. The maximum Gasteiger partial charge on any atom is 0.289 e. The predicted molar refractivity (Wildman–Crippen MR) is 80.0 cm³/mol. The topological polar surface area (TPSA) is 76.8 Å². The fourth-order valence-corrected chi connectivity index (χ4v) is 4.43. The summed E-state index contributed by atoms with van der Waals surface area (Å²) in [7, 11) is 2.94. The zero-order valence-corrected chi connectivity index (χ0v) is 14.5. The summed E-state index contributed by atoms with van der Waals surface area (Å²) in [6, 6.07) is 1.15. The van der Waals surface area contributed by atoms with Crippen molar-refractivity contribution in [1.82, 2.24) is 4.90 Å². The van der Waals surface area contributed by atoms with E-state index in [1.165, 1.54) is 0 Å². The summed E-state index contributed by atoms with van der Waals surface area (Å²) in [5, 5.41) is 0. The van der Waals surface area contributed by atoms with Gasteiger partial charge in [0.25, 0.3) is 15.0 Å². The van der Waals surface area contributed by atoms with Crippen molar-refractivity contribution in [2.75, 3.05) is 26.8 Å². The van der Waals surface area contributed by atoms with Gasteiger partial charge in [-0.1, -0.05) is 0 Å². The lowest BCUT2D eigenvalue weighted by molar-refractivity contribution is 0.0542. The lowest BCUT2D eigenvalue weighted by atomic mass is 9.99. The Bertz CT molecular complexity index is 628. The molecular weight excluding hydrogens is 386 g/mol. The highest BCUT2D eigenvalue weighted by atomic mass is 79.9. The molecular formula is C12H15BrClNO5S. The van der Waals surface area contributed by atoms with Crippen LogP contribution < -0.4 is 0 Å². The molecule has 1 saturated heterocycles. The first-order valence-electron chi connectivity index (χ1n) is 6.35. The van der Waals surface area contributed by atoms with E-state index in [2.05, 4.69) is 15.9 Å². The summed E-state index contributed by atoms with van der Waals surface area (Å²) in [4.78, 5) is 13.8. The van der Waals surface area contributed by atoms with Gasteiger partial charge >= 0.3 is 0 Å². The maximum absolute atomic E-state index is 12.4. The molecule has 1 aliphatic rings. The third kappa shape index (κ3) is 4.00. The molecule has 2 rings (SSSR count). The average molecular weight is 401 g/mol. The molecule has 21 heavy (non-hydrogen) atoms. The molecule has 2 heterocycles. The second-order valence-electron chi connectivity index (χ2n) is 4.90. The SMILES string of the molecule is COCC1CCCN(C(=O)c2cc(S(=O)(=O)Cl)c(Br)o2)C1. The van der Waals surface area contributed by atoms with Crippen molar-refractivity contribution in [3.05, 3.63) is 16.5 Å². The molecule has 6 nitrogen and oxygen atoms in total. The van der Waals surface area contributed by atoms with Crippen LogP contribution in [-0.2, 0) is 13.8 Å². The van der Waals surface area contributed by atoms with Crippen molar-refractivity contribution in [3.8, 4) is 0 Å². The summed E-state index contributed by atoms with van der Waals surface area (Å²) in [5.41, 5.74) is 0. The molecule has 0 aromatic carbocycles. The smallest absolute Gasteiger partial charge is 0.289 e. The predicted octanol–water partition coefficient (Wildman–Crippen LogP) is 2.47. The Kier molecular flexibility index (Phi) is 5.34. The Morgan fingerprint density at radius 1 is 1.62 bits per heavy atom. The van der Waals surface area contributed by atoms with E-state index in [9.17, 15) is 13.2 Å². The molecule has 1 unspecified atom stereocenters. The van der Waals surface area contributed by atoms with Crippen molar-refractivity contribution in [1.29, 1.82) is 0 Å². The molecule has 1 aromatic heterocycles. The standard InChI is InChI=1S/C12H15BrClNO5S/c1-19-7-8-3-2-4-15(6-8)12(16)9-5-10(11(13)20-9)21(14,17)18/h5,8H,2-4,6-7H2,1H3. The molecule has 1 amide bonds. The van der Waals surface area contributed by atoms with Crippen molar-refractivity contribution >= 4 is 41.6 Å². The van der Waals surface area contributed by atoms with Gasteiger partial charge in [0.15, 0.2) is 10.4 Å². The van der Waals surface area contributed by atoms with Gasteiger partial charge in [0, 0.05) is 36.9 Å². The summed E-state index contributed by atoms with van der Waals surface area (Å²) in [6.45, 7) is 1.77. The average Bonchev–Trinajstić information content (AvgIpc) is 2.81. The number of hydrogen-bond acceptors (Lipinski definition) is 5. The lowest BCUT2D eigenvalue weighted by Gasteiger charge is -2.31. The van der Waals surface area contributed by atoms with Gasteiger partial charge in [-0.2, -0.15) is 0 Å². The first-order valence-corrected chi connectivity index (χ1v) is 9.45. The Labute approximate surface area is 135 Å². The van der Waals surface area contributed by atoms with Crippen LogP contribution in [0, 0.1) is 5.92 Å². The van der Waals surface area contributed by atoms with Crippen LogP contribution in [0.1, 0.15) is 23.4 Å². The van der Waals surface area contributed by atoms with Gasteiger partial charge < -0.3 is 14.1 Å². The molecule has 1 aliphatic heterocycles. The Morgan fingerprint density at radius 2 is 2.33 bits per heavy atom. The molecule has 1 atom stereocenters. The second kappa shape index (κ2) is 6.68. The van der Waals surface area contributed by atoms with Crippen molar-refractivity contribution in [2.45, 2.75) is 17.7 Å². The third-order valence-corrected chi connectivity index (χ3v) is 5.52. The molecule has 0 spiro atoms. The van der Waals surface area contributed by atoms with Crippen LogP contribution in [0.25, 0.3) is 0 Å². The highest BCUT2D eigenvalue weighted by Gasteiger charge is 2.29. The number of furan rings is 1. The van der Waals surface area contributed by atoms with Crippen LogP contribution in [0.3, 0.4) is 0 Å². The van der Waals surface area contributed by atoms with Crippen LogP contribution in [0.5, 0.6) is 0 Å². The number of nitrogens with zero attached hydrogens (tertiary/aromatic N) is 1. The number of carbonyl (C=O) groups is 1. The maximum atomic E-state index is 12.4. The fraction of sp³-hybridized carbons (Fsp3) is 0.583. The van der Waals surface area contributed by atoms with E-state index in [0.717, 1.165) is 18.9 Å². The number of halogens is 2. The quantitative estimate of drug-likeness (QED) is 0.726. The summed E-state index contributed by atoms with van der Waals surface area (Å²) >= 11 is 2.96. The number of ether oxygens (including phenoxy) is 1. The Morgan fingerprint density at radius 3 is 2.90 bits per heavy atom. The van der Waals surface area contributed by atoms with Crippen molar-refractivity contribution in [3.63, 3.8) is 0 Å². The van der Waals surface area contributed by atoms with E-state index in [1.807, 2.05) is 0 Å². The van der Waals surface area contributed by atoms with E-state index in [-0.39, 0.29) is 27.2 Å². The summed E-state index contributed by atoms with van der Waals surface area (Å²) in [5.74, 6) is -0.107. The van der Waals surface area contributed by atoms with Crippen LogP contribution in [0.4, 0.5) is 0 Å². The molecule has 1 fully saturated rings. The molecule has 9 heteroatoms. The largest absolute Gasteiger partial charge is 0.443 e. The second-order valence-corrected chi connectivity index (χ2v) is 8.16. The highest BCUT2D eigenvalue weighted by molar-refractivity contribution is 9.10. The normalized spacial score (nSPS) is 19.8. The molecule has 1 aromatic rings. The van der Waals surface area contributed by atoms with E-state index in [4.69, 9.17) is 19.8 Å². The summed E-state index contributed by atoms with van der Waals surface area (Å²) in [6.07, 6.45) is 1.88. The molecule has 0 bridgehead atoms. The number of rotatable bonds is 4. The van der Waals surface area contributed by atoms with Crippen LogP contribution >= 0.6 is 26.6 Å². The monoisotopic (exact) mass is 399 g/mol. The summed E-state index contributed by atoms with van der Waals surface area (Å²) < 4.78 is 32.9. The molecule has 118 valence electrons. The lowest BCUT2D eigenvalue weighted by Crippen LogP contribution is -2.41. The van der Waals surface area contributed by atoms with Gasteiger partial charge in [0.05, 0.1) is 6.61 Å².